The summed E-state index contributed by atoms with van der Waals surface area (Å²) in [7, 11) is 0. The first-order valence-corrected chi connectivity index (χ1v) is 2.59. The predicted octanol–water partition coefficient (Wildman–Crippen LogP) is 1.20. The average Bonchev–Trinajstić information content (AvgIpc) is 1.65. The number of hydrogen-bond donors (Lipinski definition) is 0. The van der Waals surface area contributed by atoms with Gasteiger partial charge in [0.1, 0.15) is 6.10 Å². The lowest BCUT2D eigenvalue weighted by atomic mass is 10.3. The third-order valence-electron chi connectivity index (χ3n) is 0.883. The number of rotatable bonds is 2. The minimum absolute atomic E-state index is 0.111. The van der Waals surface area contributed by atoms with Crippen LogP contribution in [0.5, 0.6) is 0 Å². The van der Waals surface area contributed by atoms with E-state index in [0.717, 1.165) is 6.42 Å². The zero-order valence-electron chi connectivity index (χ0n) is 5.10. The molecule has 0 bridgehead atoms. The van der Waals surface area contributed by atoms with Crippen LogP contribution in [0.25, 0.3) is 0 Å². The number of carbonyl (C=O) groups is 1. The highest BCUT2D eigenvalue weighted by molar-refractivity contribution is 5.63. The number of amides is 1. The highest BCUT2D eigenvalue weighted by atomic mass is 16.6. The van der Waals surface area contributed by atoms with Crippen LogP contribution in [-0.2, 0) is 4.74 Å². The summed E-state index contributed by atoms with van der Waals surface area (Å²) in [6.07, 6.45) is -0.288. The van der Waals surface area contributed by atoms with Crippen molar-refractivity contribution in [3.05, 3.63) is 0 Å². The molecule has 1 unspecified atom stereocenters. The molecule has 0 aromatic rings. The molecule has 0 saturated carbocycles. The van der Waals surface area contributed by atoms with Gasteiger partial charge in [0.2, 0.25) is 0 Å². The molecular weight excluding hydrogens is 106 g/mol. The van der Waals surface area contributed by atoms with Gasteiger partial charge in [-0.05, 0) is 13.3 Å². The van der Waals surface area contributed by atoms with Gasteiger partial charge in [0.05, 0.1) is 0 Å². The normalized spacial score (nSPS) is 12.8. The molecule has 0 aliphatic heterocycles. The topological polar surface area (TPSA) is 50.1 Å². The van der Waals surface area contributed by atoms with Crippen LogP contribution < -0.4 is 5.73 Å². The molecule has 0 aliphatic carbocycles. The van der Waals surface area contributed by atoms with Gasteiger partial charge >= 0.3 is 6.09 Å². The molecule has 0 aromatic heterocycles. The second kappa shape index (κ2) is 3.29. The summed E-state index contributed by atoms with van der Waals surface area (Å²) in [6.45, 7) is 3.65. The Bertz CT molecular complexity index is 82.5. The van der Waals surface area contributed by atoms with E-state index in [1.807, 2.05) is 6.92 Å². The Hall–Kier alpha value is -0.730. The fraction of sp³-hybridized carbons (Fsp3) is 0.800. The summed E-state index contributed by atoms with van der Waals surface area (Å²) < 4.78 is 4.43. The van der Waals surface area contributed by atoms with Crippen LogP contribution in [-0.4, -0.2) is 12.2 Å². The van der Waals surface area contributed by atoms with Gasteiger partial charge in [-0.25, -0.2) is 10.5 Å². The fourth-order valence-corrected chi connectivity index (χ4v) is 0.266. The van der Waals surface area contributed by atoms with Gasteiger partial charge in [-0.15, -0.1) is 0 Å². The zero-order valence-corrected chi connectivity index (χ0v) is 5.10. The smallest absolute Gasteiger partial charge is 0.426 e. The summed E-state index contributed by atoms with van der Waals surface area (Å²) in [6, 6.07) is 0. The van der Waals surface area contributed by atoms with Crippen molar-refractivity contribution < 1.29 is 9.53 Å². The summed E-state index contributed by atoms with van der Waals surface area (Å²) in [5.74, 6) is 0. The Morgan fingerprint density at radius 3 is 2.50 bits per heavy atom. The first-order chi connectivity index (χ1) is 3.66. The van der Waals surface area contributed by atoms with Gasteiger partial charge in [0, 0.05) is 0 Å². The largest absolute Gasteiger partial charge is 0.445 e. The molecule has 0 fully saturated rings. The van der Waals surface area contributed by atoms with Crippen LogP contribution >= 0.6 is 0 Å². The highest BCUT2D eigenvalue weighted by Gasteiger charge is 2.00. The Kier molecular flexibility index (Phi) is 2.99. The van der Waals surface area contributed by atoms with E-state index in [0.29, 0.717) is 0 Å². The van der Waals surface area contributed by atoms with E-state index in [9.17, 15) is 4.79 Å². The number of ether oxygens (including phenoxy) is 1. The standard InChI is InChI=1S/C5H10NO2/c1-3-4(2)8-5(6)7/h4,6H,3H2,1-2H3. The maximum atomic E-state index is 9.86. The maximum absolute atomic E-state index is 9.86. The molecular formula is C5H10NO2. The molecule has 0 aromatic carbocycles. The molecule has 1 N–H and O–H groups in total. The van der Waals surface area contributed by atoms with Gasteiger partial charge in [-0.3, -0.25) is 0 Å². The van der Waals surface area contributed by atoms with E-state index in [-0.39, 0.29) is 6.10 Å². The molecule has 0 rings (SSSR count). The quantitative estimate of drug-likeness (QED) is 0.544. The van der Waals surface area contributed by atoms with Crippen molar-refractivity contribution in [2.24, 2.45) is 0 Å². The second-order valence-electron chi connectivity index (χ2n) is 1.62. The SMILES string of the molecule is CCC(C)OC([NH])=O. The zero-order chi connectivity index (χ0) is 6.57. The Morgan fingerprint density at radius 2 is 2.38 bits per heavy atom. The third kappa shape index (κ3) is 3.46. The van der Waals surface area contributed by atoms with Crippen molar-refractivity contribution in [3.8, 4) is 0 Å². The number of carbonyl (C=O) groups excluding carboxylic acids is 1. The Labute approximate surface area is 48.8 Å². The summed E-state index contributed by atoms with van der Waals surface area (Å²) in [5.41, 5.74) is 6.35. The molecule has 0 saturated heterocycles. The molecule has 1 atom stereocenters. The van der Waals surface area contributed by atoms with Crippen LogP contribution in [0.2, 0.25) is 0 Å². The van der Waals surface area contributed by atoms with Crippen molar-refractivity contribution in [1.82, 2.24) is 5.73 Å². The molecule has 0 spiro atoms. The van der Waals surface area contributed by atoms with Crippen LogP contribution in [0.1, 0.15) is 20.3 Å². The minimum atomic E-state index is -0.945. The summed E-state index contributed by atoms with van der Waals surface area (Å²) in [5, 5.41) is 0. The number of nitrogens with one attached hydrogen (secondary N) is 1. The van der Waals surface area contributed by atoms with Gasteiger partial charge in [0.15, 0.2) is 0 Å². The molecule has 0 aliphatic rings. The lowest BCUT2D eigenvalue weighted by Crippen LogP contribution is -2.12. The predicted molar refractivity (Wildman–Crippen MR) is 29.3 cm³/mol. The minimum Gasteiger partial charge on any atom is -0.445 e. The third-order valence-corrected chi connectivity index (χ3v) is 0.883. The lowest BCUT2D eigenvalue weighted by Gasteiger charge is -2.05. The lowest BCUT2D eigenvalue weighted by molar-refractivity contribution is 0.112. The first kappa shape index (κ1) is 7.27. The van der Waals surface area contributed by atoms with E-state index >= 15 is 0 Å². The van der Waals surface area contributed by atoms with E-state index in [1.165, 1.54) is 0 Å². The average molecular weight is 116 g/mol. The monoisotopic (exact) mass is 116 g/mol. The van der Waals surface area contributed by atoms with Crippen LogP contribution in [0.3, 0.4) is 0 Å². The highest BCUT2D eigenvalue weighted by Crippen LogP contribution is 1.94. The van der Waals surface area contributed by atoms with E-state index in [2.05, 4.69) is 4.74 Å². The van der Waals surface area contributed by atoms with E-state index < -0.39 is 6.09 Å². The van der Waals surface area contributed by atoms with Crippen LogP contribution in [0.4, 0.5) is 4.79 Å². The molecule has 1 radical (unpaired) electrons. The van der Waals surface area contributed by atoms with Gasteiger partial charge in [0.25, 0.3) is 0 Å². The molecule has 1 amide bonds. The van der Waals surface area contributed by atoms with Crippen LogP contribution in [0, 0.1) is 0 Å². The van der Waals surface area contributed by atoms with Crippen LogP contribution in [0.15, 0.2) is 0 Å². The van der Waals surface area contributed by atoms with Crippen molar-refractivity contribution in [3.63, 3.8) is 0 Å². The first-order valence-electron chi connectivity index (χ1n) is 2.59. The Balaban J connectivity index is 3.24. The van der Waals surface area contributed by atoms with E-state index in [4.69, 9.17) is 5.73 Å². The summed E-state index contributed by atoms with van der Waals surface area (Å²) >= 11 is 0. The van der Waals surface area contributed by atoms with Gasteiger partial charge < -0.3 is 4.74 Å². The van der Waals surface area contributed by atoms with Gasteiger partial charge in [-0.1, -0.05) is 6.92 Å². The second-order valence-corrected chi connectivity index (χ2v) is 1.62. The van der Waals surface area contributed by atoms with Crippen molar-refractivity contribution >= 4 is 6.09 Å². The van der Waals surface area contributed by atoms with Crippen molar-refractivity contribution in [2.45, 2.75) is 26.4 Å². The Morgan fingerprint density at radius 1 is 1.88 bits per heavy atom. The van der Waals surface area contributed by atoms with Gasteiger partial charge in [-0.2, -0.15) is 0 Å². The molecule has 8 heavy (non-hydrogen) atoms. The fourth-order valence-electron chi connectivity index (χ4n) is 0.266. The molecule has 3 nitrogen and oxygen atoms in total. The molecule has 0 heterocycles. The number of hydrogen-bond acceptors (Lipinski definition) is 2. The van der Waals surface area contributed by atoms with Crippen molar-refractivity contribution in [2.75, 3.05) is 0 Å². The van der Waals surface area contributed by atoms with E-state index in [1.54, 1.807) is 6.92 Å². The molecule has 47 valence electrons. The summed E-state index contributed by atoms with van der Waals surface area (Å²) in [4.78, 5) is 9.86. The van der Waals surface area contributed by atoms with Crippen molar-refractivity contribution in [1.29, 1.82) is 0 Å². The molecule has 3 heteroatoms. The maximum Gasteiger partial charge on any atom is 0.426 e.